The van der Waals surface area contributed by atoms with Crippen LogP contribution in [-0.4, -0.2) is 4.98 Å². The van der Waals surface area contributed by atoms with Crippen LogP contribution >= 0.6 is 0 Å². The van der Waals surface area contributed by atoms with Gasteiger partial charge in [-0.25, -0.2) is 0 Å². The van der Waals surface area contributed by atoms with Crippen LogP contribution in [0.25, 0.3) is 10.9 Å². The fourth-order valence-electron chi connectivity index (χ4n) is 2.22. The largest absolute Gasteiger partial charge is 0.397 e. The van der Waals surface area contributed by atoms with Gasteiger partial charge in [0.15, 0.2) is 0 Å². The van der Waals surface area contributed by atoms with E-state index in [2.05, 4.69) is 24.0 Å². The summed E-state index contributed by atoms with van der Waals surface area (Å²) in [6.45, 7) is 2.24. The van der Waals surface area contributed by atoms with Crippen LogP contribution < -0.4 is 5.73 Å². The molecule has 0 atom stereocenters. The molecule has 0 amide bonds. The highest BCUT2D eigenvalue weighted by molar-refractivity contribution is 5.91. The molecule has 0 fully saturated rings. The van der Waals surface area contributed by atoms with Crippen LogP contribution in [0.15, 0.2) is 30.5 Å². The van der Waals surface area contributed by atoms with Gasteiger partial charge in [0, 0.05) is 11.6 Å². The molecular formula is C15H20N2. The number of aromatic nitrogens is 1. The Morgan fingerprint density at radius 3 is 2.82 bits per heavy atom. The molecule has 0 saturated heterocycles. The first-order valence-electron chi connectivity index (χ1n) is 6.45. The number of nitrogen functional groups attached to an aromatic ring is 1. The van der Waals surface area contributed by atoms with E-state index in [1.54, 1.807) is 0 Å². The van der Waals surface area contributed by atoms with Gasteiger partial charge in [-0.2, -0.15) is 0 Å². The minimum Gasteiger partial charge on any atom is -0.397 e. The number of hydrogen-bond donors (Lipinski definition) is 1. The van der Waals surface area contributed by atoms with Gasteiger partial charge in [0.25, 0.3) is 0 Å². The summed E-state index contributed by atoms with van der Waals surface area (Å²) >= 11 is 0. The zero-order chi connectivity index (χ0) is 12.1. The Balaban J connectivity index is 2.19. The second-order valence-electron chi connectivity index (χ2n) is 4.52. The van der Waals surface area contributed by atoms with Crippen molar-refractivity contribution in [2.24, 2.45) is 0 Å². The Morgan fingerprint density at radius 1 is 1.12 bits per heavy atom. The minimum atomic E-state index is 0.776. The lowest BCUT2D eigenvalue weighted by Gasteiger charge is -2.07. The zero-order valence-corrected chi connectivity index (χ0v) is 10.4. The first kappa shape index (κ1) is 11.9. The Labute approximate surface area is 103 Å². The number of pyridine rings is 1. The molecular weight excluding hydrogens is 208 g/mol. The number of anilines is 1. The van der Waals surface area contributed by atoms with E-state index in [4.69, 9.17) is 5.73 Å². The summed E-state index contributed by atoms with van der Waals surface area (Å²) in [5.74, 6) is 0. The lowest BCUT2D eigenvalue weighted by Crippen LogP contribution is -1.93. The van der Waals surface area contributed by atoms with Crippen molar-refractivity contribution in [2.45, 2.75) is 39.0 Å². The Morgan fingerprint density at radius 2 is 2.00 bits per heavy atom. The number of rotatable bonds is 5. The Bertz CT molecular complexity index is 491. The molecule has 2 aromatic rings. The van der Waals surface area contributed by atoms with Crippen LogP contribution in [0.1, 0.15) is 38.2 Å². The zero-order valence-electron chi connectivity index (χ0n) is 10.4. The third-order valence-electron chi connectivity index (χ3n) is 3.19. The smallest absolute Gasteiger partial charge is 0.0933 e. The predicted octanol–water partition coefficient (Wildman–Crippen LogP) is 3.94. The van der Waals surface area contributed by atoms with E-state index in [1.807, 2.05) is 18.3 Å². The fraction of sp³-hybridized carbons (Fsp3) is 0.400. The summed E-state index contributed by atoms with van der Waals surface area (Å²) < 4.78 is 0. The molecule has 2 rings (SSSR count). The molecule has 2 nitrogen and oxygen atoms in total. The number of nitrogens with two attached hydrogens (primary N) is 1. The van der Waals surface area contributed by atoms with Gasteiger partial charge >= 0.3 is 0 Å². The quantitative estimate of drug-likeness (QED) is 0.622. The number of fused-ring (bicyclic) bond motifs is 1. The number of benzene rings is 1. The molecule has 0 unspecified atom stereocenters. The van der Waals surface area contributed by atoms with Crippen LogP contribution in [-0.2, 0) is 6.42 Å². The van der Waals surface area contributed by atoms with Crippen molar-refractivity contribution >= 4 is 16.6 Å². The monoisotopic (exact) mass is 228 g/mol. The van der Waals surface area contributed by atoms with Crippen molar-refractivity contribution in [2.75, 3.05) is 5.73 Å². The van der Waals surface area contributed by atoms with E-state index < -0.39 is 0 Å². The van der Waals surface area contributed by atoms with Crippen molar-refractivity contribution in [1.82, 2.24) is 4.98 Å². The van der Waals surface area contributed by atoms with Gasteiger partial charge in [-0.3, -0.25) is 4.98 Å². The predicted molar refractivity (Wildman–Crippen MR) is 74.0 cm³/mol. The third kappa shape index (κ3) is 2.76. The molecule has 0 aliphatic rings. The van der Waals surface area contributed by atoms with Crippen LogP contribution in [0.5, 0.6) is 0 Å². The Kier molecular flexibility index (Phi) is 3.97. The number of nitrogens with zero attached hydrogens (tertiary/aromatic N) is 1. The summed E-state index contributed by atoms with van der Waals surface area (Å²) in [6, 6.07) is 8.16. The molecule has 90 valence electrons. The maximum atomic E-state index is 5.94. The molecule has 2 N–H and O–H groups in total. The Hall–Kier alpha value is -1.57. The lowest BCUT2D eigenvalue weighted by molar-refractivity contribution is 0.668. The lowest BCUT2D eigenvalue weighted by atomic mass is 10.0. The van der Waals surface area contributed by atoms with Crippen LogP contribution in [0.3, 0.4) is 0 Å². The summed E-state index contributed by atoms with van der Waals surface area (Å²) in [4.78, 5) is 4.36. The number of aryl methyl sites for hydroxylation is 1. The van der Waals surface area contributed by atoms with Gasteiger partial charge in [-0.05, 0) is 30.5 Å². The molecule has 0 bridgehead atoms. The van der Waals surface area contributed by atoms with E-state index in [1.165, 1.54) is 36.6 Å². The van der Waals surface area contributed by atoms with Crippen LogP contribution in [0, 0.1) is 0 Å². The van der Waals surface area contributed by atoms with E-state index in [9.17, 15) is 0 Å². The van der Waals surface area contributed by atoms with Crippen molar-refractivity contribution in [3.8, 4) is 0 Å². The molecule has 0 radical (unpaired) electrons. The summed E-state index contributed by atoms with van der Waals surface area (Å²) in [6.07, 6.45) is 8.16. The van der Waals surface area contributed by atoms with Gasteiger partial charge in [0.2, 0.25) is 0 Å². The highest BCUT2D eigenvalue weighted by Crippen LogP contribution is 2.23. The highest BCUT2D eigenvalue weighted by atomic mass is 14.7. The maximum Gasteiger partial charge on any atom is 0.0933 e. The number of para-hydroxylation sites is 1. The summed E-state index contributed by atoms with van der Waals surface area (Å²) in [7, 11) is 0. The normalized spacial score (nSPS) is 10.9. The SMILES string of the molecule is CCCCCCc1ccnc2c(N)cccc12. The molecule has 1 aromatic heterocycles. The maximum absolute atomic E-state index is 5.94. The van der Waals surface area contributed by atoms with E-state index in [0.29, 0.717) is 0 Å². The second kappa shape index (κ2) is 5.67. The molecule has 17 heavy (non-hydrogen) atoms. The number of hydrogen-bond acceptors (Lipinski definition) is 2. The second-order valence-corrected chi connectivity index (χ2v) is 4.52. The average Bonchev–Trinajstić information content (AvgIpc) is 2.36. The minimum absolute atomic E-state index is 0.776. The highest BCUT2D eigenvalue weighted by Gasteiger charge is 2.03. The van der Waals surface area contributed by atoms with Gasteiger partial charge in [-0.15, -0.1) is 0 Å². The first-order chi connectivity index (χ1) is 8.33. The standard InChI is InChI=1S/C15H20N2/c1-2-3-4-5-7-12-10-11-17-15-13(12)8-6-9-14(15)16/h6,8-11H,2-5,7,16H2,1H3. The van der Waals surface area contributed by atoms with Crippen molar-refractivity contribution in [3.05, 3.63) is 36.0 Å². The molecule has 2 heteroatoms. The summed E-state index contributed by atoms with van der Waals surface area (Å²) in [5, 5.41) is 1.21. The van der Waals surface area contributed by atoms with Crippen LogP contribution in [0.4, 0.5) is 5.69 Å². The molecule has 0 aliphatic carbocycles. The topological polar surface area (TPSA) is 38.9 Å². The van der Waals surface area contributed by atoms with E-state index in [-0.39, 0.29) is 0 Å². The van der Waals surface area contributed by atoms with Gasteiger partial charge in [0.1, 0.15) is 0 Å². The molecule has 0 saturated carbocycles. The van der Waals surface area contributed by atoms with Gasteiger partial charge in [-0.1, -0.05) is 38.3 Å². The molecule has 1 aromatic carbocycles. The van der Waals surface area contributed by atoms with E-state index in [0.717, 1.165) is 17.6 Å². The average molecular weight is 228 g/mol. The number of unbranched alkanes of at least 4 members (excludes halogenated alkanes) is 3. The van der Waals surface area contributed by atoms with Gasteiger partial charge in [0.05, 0.1) is 11.2 Å². The van der Waals surface area contributed by atoms with Crippen molar-refractivity contribution < 1.29 is 0 Å². The van der Waals surface area contributed by atoms with Crippen molar-refractivity contribution in [3.63, 3.8) is 0 Å². The fourth-order valence-corrected chi connectivity index (χ4v) is 2.22. The van der Waals surface area contributed by atoms with Crippen molar-refractivity contribution in [1.29, 1.82) is 0 Å². The van der Waals surface area contributed by atoms with Gasteiger partial charge < -0.3 is 5.73 Å². The van der Waals surface area contributed by atoms with Crippen LogP contribution in [0.2, 0.25) is 0 Å². The van der Waals surface area contributed by atoms with E-state index >= 15 is 0 Å². The molecule has 0 aliphatic heterocycles. The molecule has 1 heterocycles. The first-order valence-corrected chi connectivity index (χ1v) is 6.45. The third-order valence-corrected chi connectivity index (χ3v) is 3.19. The summed E-state index contributed by atoms with van der Waals surface area (Å²) in [5.41, 5.74) is 9.03. The molecule has 0 spiro atoms.